The van der Waals surface area contributed by atoms with Crippen molar-refractivity contribution in [3.05, 3.63) is 27.7 Å². The van der Waals surface area contributed by atoms with Gasteiger partial charge in [-0.25, -0.2) is 4.79 Å². The molecule has 0 spiro atoms. The number of carbonyl (C=O) groups excluding carboxylic acids is 3. The normalized spacial score (nSPS) is 16.8. The van der Waals surface area contributed by atoms with E-state index in [0.29, 0.717) is 35.2 Å². The van der Waals surface area contributed by atoms with E-state index in [-0.39, 0.29) is 17.7 Å². The number of hydrogen-bond donors (Lipinski definition) is 2. The molecule has 1 aliphatic rings. The van der Waals surface area contributed by atoms with Crippen molar-refractivity contribution in [1.29, 1.82) is 0 Å². The van der Waals surface area contributed by atoms with Gasteiger partial charge >= 0.3 is 6.09 Å². The van der Waals surface area contributed by atoms with Crippen molar-refractivity contribution in [2.24, 2.45) is 5.92 Å². The number of aryl methyl sites for hydroxylation is 1. The Kier molecular flexibility index (Phi) is 6.51. The molecule has 2 N–H and O–H groups in total. The summed E-state index contributed by atoms with van der Waals surface area (Å²) in [6.45, 7) is 8.05. The molecule has 1 aliphatic heterocycles. The Labute approximate surface area is 167 Å². The Morgan fingerprint density at radius 2 is 1.93 bits per heavy atom. The largest absolute Gasteiger partial charge is 0.444 e. The number of anilines is 1. The van der Waals surface area contributed by atoms with Gasteiger partial charge in [-0.05, 0) is 67.7 Å². The van der Waals surface area contributed by atoms with Crippen molar-refractivity contribution in [2.45, 2.75) is 39.7 Å². The third-order valence-corrected chi connectivity index (χ3v) is 4.79. The smallest absolute Gasteiger partial charge is 0.410 e. The predicted octanol–water partition coefficient (Wildman–Crippen LogP) is 3.31. The fraction of sp³-hybridized carbons (Fsp3) is 0.526. The van der Waals surface area contributed by atoms with Gasteiger partial charge in [0.25, 0.3) is 5.91 Å². The van der Waals surface area contributed by atoms with Crippen LogP contribution in [0.5, 0.6) is 0 Å². The Balaban J connectivity index is 2.11. The van der Waals surface area contributed by atoms with E-state index in [9.17, 15) is 14.4 Å². The third kappa shape index (κ3) is 5.45. The van der Waals surface area contributed by atoms with Crippen LogP contribution in [0.2, 0.25) is 0 Å². The highest BCUT2D eigenvalue weighted by Crippen LogP contribution is 2.30. The highest BCUT2D eigenvalue weighted by Gasteiger charge is 2.34. The van der Waals surface area contributed by atoms with Crippen molar-refractivity contribution < 1.29 is 19.1 Å². The number of nitrogens with zero attached hydrogens (tertiary/aromatic N) is 1. The number of likely N-dealkylation sites (tertiary alicyclic amines) is 1. The average Bonchev–Trinajstić information content (AvgIpc) is 3.05. The summed E-state index contributed by atoms with van der Waals surface area (Å²) in [4.78, 5) is 38.6. The Morgan fingerprint density at radius 1 is 1.26 bits per heavy atom. The summed E-state index contributed by atoms with van der Waals surface area (Å²) >= 11 is 3.42. The molecule has 148 valence electrons. The topological polar surface area (TPSA) is 87.7 Å². The van der Waals surface area contributed by atoms with Crippen molar-refractivity contribution in [2.75, 3.05) is 25.5 Å². The summed E-state index contributed by atoms with van der Waals surface area (Å²) in [5, 5.41) is 5.43. The van der Waals surface area contributed by atoms with Gasteiger partial charge in [-0.3, -0.25) is 9.59 Å². The molecular weight excluding hydrogens is 414 g/mol. The first-order chi connectivity index (χ1) is 12.5. The van der Waals surface area contributed by atoms with Crippen LogP contribution in [-0.4, -0.2) is 48.5 Å². The van der Waals surface area contributed by atoms with E-state index < -0.39 is 11.7 Å². The van der Waals surface area contributed by atoms with Crippen molar-refractivity contribution in [1.82, 2.24) is 10.2 Å². The molecule has 1 aromatic carbocycles. The van der Waals surface area contributed by atoms with Gasteiger partial charge in [0.1, 0.15) is 5.60 Å². The molecule has 0 bridgehead atoms. The molecule has 0 saturated carbocycles. The molecule has 1 heterocycles. The zero-order chi connectivity index (χ0) is 20.4. The van der Waals surface area contributed by atoms with Gasteiger partial charge in [-0.15, -0.1) is 0 Å². The van der Waals surface area contributed by atoms with Gasteiger partial charge in [0.2, 0.25) is 5.91 Å². The molecule has 0 radical (unpaired) electrons. The van der Waals surface area contributed by atoms with Gasteiger partial charge in [0, 0.05) is 24.6 Å². The van der Waals surface area contributed by atoms with E-state index in [4.69, 9.17) is 4.74 Å². The first kappa shape index (κ1) is 21.2. The molecule has 1 fully saturated rings. The van der Waals surface area contributed by atoms with Crippen LogP contribution >= 0.6 is 15.9 Å². The Hall–Kier alpha value is -2.09. The lowest BCUT2D eigenvalue weighted by atomic mass is 10.1. The van der Waals surface area contributed by atoms with Gasteiger partial charge in [-0.1, -0.05) is 0 Å². The zero-order valence-electron chi connectivity index (χ0n) is 16.3. The van der Waals surface area contributed by atoms with Crippen LogP contribution in [-0.2, 0) is 9.53 Å². The fourth-order valence-corrected chi connectivity index (χ4v) is 3.55. The van der Waals surface area contributed by atoms with Crippen LogP contribution in [0.3, 0.4) is 0 Å². The second kappa shape index (κ2) is 8.29. The standard InChI is InChI=1S/C19H26BrN3O4/c1-11-8-13(17(25)21-5)15(14(20)9-11)22-16(24)12-6-7-23(10-12)18(26)27-19(2,3)4/h8-9,12H,6-7,10H2,1-5H3,(H,21,25)(H,22,24). The zero-order valence-corrected chi connectivity index (χ0v) is 17.9. The molecule has 8 heteroatoms. The van der Waals surface area contributed by atoms with Crippen LogP contribution in [0, 0.1) is 12.8 Å². The van der Waals surface area contributed by atoms with E-state index in [1.807, 2.05) is 13.0 Å². The van der Waals surface area contributed by atoms with E-state index in [0.717, 1.165) is 5.56 Å². The molecule has 2 rings (SSSR count). The van der Waals surface area contributed by atoms with E-state index >= 15 is 0 Å². The van der Waals surface area contributed by atoms with E-state index in [2.05, 4.69) is 26.6 Å². The minimum atomic E-state index is -0.577. The second-order valence-corrected chi connectivity index (χ2v) is 8.50. The fourth-order valence-electron chi connectivity index (χ4n) is 2.87. The minimum absolute atomic E-state index is 0.226. The maximum Gasteiger partial charge on any atom is 0.410 e. The maximum absolute atomic E-state index is 12.7. The molecule has 1 unspecified atom stereocenters. The number of rotatable bonds is 3. The first-order valence-electron chi connectivity index (χ1n) is 8.83. The van der Waals surface area contributed by atoms with Gasteiger partial charge in [0.05, 0.1) is 17.2 Å². The average molecular weight is 440 g/mol. The number of halogens is 1. The Bertz CT molecular complexity index is 758. The van der Waals surface area contributed by atoms with Crippen LogP contribution in [0.1, 0.15) is 43.1 Å². The van der Waals surface area contributed by atoms with Crippen LogP contribution < -0.4 is 10.6 Å². The molecule has 27 heavy (non-hydrogen) atoms. The lowest BCUT2D eigenvalue weighted by Crippen LogP contribution is -2.36. The summed E-state index contributed by atoms with van der Waals surface area (Å²) in [6.07, 6.45) is 0.129. The quantitative estimate of drug-likeness (QED) is 0.755. The minimum Gasteiger partial charge on any atom is -0.444 e. The highest BCUT2D eigenvalue weighted by atomic mass is 79.9. The lowest BCUT2D eigenvalue weighted by molar-refractivity contribution is -0.119. The molecule has 1 atom stereocenters. The number of carbonyl (C=O) groups is 3. The third-order valence-electron chi connectivity index (χ3n) is 4.17. The molecule has 0 aliphatic carbocycles. The number of amides is 3. The maximum atomic E-state index is 12.7. The summed E-state index contributed by atoms with van der Waals surface area (Å²) in [5.74, 6) is -0.865. The van der Waals surface area contributed by atoms with Crippen LogP contribution in [0.25, 0.3) is 0 Å². The van der Waals surface area contributed by atoms with Crippen LogP contribution in [0.15, 0.2) is 16.6 Å². The summed E-state index contributed by atoms with van der Waals surface area (Å²) < 4.78 is 6.00. The van der Waals surface area contributed by atoms with Crippen molar-refractivity contribution in [3.63, 3.8) is 0 Å². The number of hydrogen-bond acceptors (Lipinski definition) is 4. The molecule has 1 saturated heterocycles. The predicted molar refractivity (Wildman–Crippen MR) is 107 cm³/mol. The van der Waals surface area contributed by atoms with Gasteiger partial charge in [-0.2, -0.15) is 0 Å². The van der Waals surface area contributed by atoms with Gasteiger partial charge < -0.3 is 20.3 Å². The van der Waals surface area contributed by atoms with Crippen molar-refractivity contribution in [3.8, 4) is 0 Å². The van der Waals surface area contributed by atoms with Gasteiger partial charge in [0.15, 0.2) is 0 Å². The molecule has 7 nitrogen and oxygen atoms in total. The van der Waals surface area contributed by atoms with Crippen molar-refractivity contribution >= 4 is 39.5 Å². The summed E-state index contributed by atoms with van der Waals surface area (Å²) in [6, 6.07) is 3.56. The first-order valence-corrected chi connectivity index (χ1v) is 9.62. The SMILES string of the molecule is CNC(=O)c1cc(C)cc(Br)c1NC(=O)C1CCN(C(=O)OC(C)(C)C)C1. The van der Waals surface area contributed by atoms with Crippen LogP contribution in [0.4, 0.5) is 10.5 Å². The molecule has 1 aromatic rings. The molecule has 0 aromatic heterocycles. The monoisotopic (exact) mass is 439 g/mol. The second-order valence-electron chi connectivity index (χ2n) is 7.65. The number of benzene rings is 1. The highest BCUT2D eigenvalue weighted by molar-refractivity contribution is 9.10. The lowest BCUT2D eigenvalue weighted by Gasteiger charge is -2.24. The Morgan fingerprint density at radius 3 is 2.52 bits per heavy atom. The molecule has 3 amide bonds. The summed E-state index contributed by atoms with van der Waals surface area (Å²) in [7, 11) is 1.54. The number of ether oxygens (including phenoxy) is 1. The van der Waals surface area contributed by atoms with E-state index in [1.165, 1.54) is 0 Å². The summed E-state index contributed by atoms with van der Waals surface area (Å²) in [5.41, 5.74) is 1.14. The number of nitrogens with one attached hydrogen (secondary N) is 2. The molecular formula is C19H26BrN3O4. The van der Waals surface area contributed by atoms with E-state index in [1.54, 1.807) is 38.8 Å².